The quantitative estimate of drug-likeness (QED) is 0.324. The van der Waals surface area contributed by atoms with Crippen LogP contribution in [0.2, 0.25) is 0 Å². The molecule has 1 unspecified atom stereocenters. The van der Waals surface area contributed by atoms with Gasteiger partial charge in [0.15, 0.2) is 5.82 Å². The van der Waals surface area contributed by atoms with Crippen LogP contribution in [-0.2, 0) is 19.1 Å². The molecule has 0 bridgehead atoms. The van der Waals surface area contributed by atoms with Crippen LogP contribution < -0.4 is 10.6 Å². The maximum Gasteiger partial charge on any atom is 0.355 e. The second kappa shape index (κ2) is 9.72. The highest BCUT2D eigenvalue weighted by Gasteiger charge is 2.43. The van der Waals surface area contributed by atoms with Gasteiger partial charge in [0, 0.05) is 6.07 Å². The predicted molar refractivity (Wildman–Crippen MR) is 121 cm³/mol. The molecule has 0 spiro atoms. The molecule has 0 aromatic heterocycles. The lowest BCUT2D eigenvalue weighted by molar-refractivity contribution is -0.139. The van der Waals surface area contributed by atoms with Gasteiger partial charge in [0.2, 0.25) is 0 Å². The average molecular weight is 583 g/mol. The number of methoxy groups -OCH3 is 2. The molecule has 0 amide bonds. The van der Waals surface area contributed by atoms with Gasteiger partial charge in [-0.25, -0.2) is 18.4 Å². The molecule has 2 aromatic carbocycles. The number of anilines is 1. The number of halogens is 4. The molecular weight excluding hydrogens is 568 g/mol. The van der Waals surface area contributed by atoms with Crippen LogP contribution in [-0.4, -0.2) is 26.2 Å². The average Bonchev–Trinajstić information content (AvgIpc) is 2.83. The third-order valence-electron chi connectivity index (χ3n) is 4.93. The van der Waals surface area contributed by atoms with Crippen molar-refractivity contribution < 1.29 is 27.8 Å². The van der Waals surface area contributed by atoms with E-state index in [1.54, 1.807) is 30.3 Å². The molecule has 0 radical (unpaired) electrons. The standard InChI is InChI=1S/C22H15Br2F2N3O4/c1-32-21(30)15-14(10-6-4-3-5-7-10)11(9-27)20(28)29(19(15)22(31)33-2)13-8-12(25)16(23)18(26)17(13)24/h3-8,14H,28H2,1-2H3. The Labute approximate surface area is 204 Å². The molecule has 0 fully saturated rings. The van der Waals surface area contributed by atoms with Crippen molar-refractivity contribution in [2.24, 2.45) is 5.73 Å². The van der Waals surface area contributed by atoms with E-state index in [-0.39, 0.29) is 27.1 Å². The maximum absolute atomic E-state index is 14.7. The van der Waals surface area contributed by atoms with Gasteiger partial charge in [-0.1, -0.05) is 30.3 Å². The number of carbonyl (C=O) groups excluding carboxylic acids is 2. The number of nitriles is 1. The number of esters is 2. The van der Waals surface area contributed by atoms with Gasteiger partial charge in [-0.05, 0) is 37.4 Å². The Balaban J connectivity index is 2.49. The zero-order chi connectivity index (χ0) is 24.4. The zero-order valence-corrected chi connectivity index (χ0v) is 20.3. The molecule has 0 aliphatic carbocycles. The van der Waals surface area contributed by atoms with Crippen molar-refractivity contribution in [3.63, 3.8) is 0 Å². The van der Waals surface area contributed by atoms with E-state index in [0.29, 0.717) is 5.56 Å². The highest BCUT2D eigenvalue weighted by Crippen LogP contribution is 2.46. The van der Waals surface area contributed by atoms with Crippen LogP contribution in [0.15, 0.2) is 68.0 Å². The third-order valence-corrected chi connectivity index (χ3v) is 6.42. The summed E-state index contributed by atoms with van der Waals surface area (Å²) in [6, 6.07) is 11.2. The Morgan fingerprint density at radius 2 is 1.70 bits per heavy atom. The molecule has 0 saturated carbocycles. The fourth-order valence-electron chi connectivity index (χ4n) is 3.49. The van der Waals surface area contributed by atoms with E-state index in [2.05, 4.69) is 31.9 Å². The first-order chi connectivity index (χ1) is 15.7. The van der Waals surface area contributed by atoms with Crippen LogP contribution in [0.5, 0.6) is 0 Å². The van der Waals surface area contributed by atoms with Crippen LogP contribution in [0.25, 0.3) is 0 Å². The van der Waals surface area contributed by atoms with Gasteiger partial charge in [0.25, 0.3) is 0 Å². The summed E-state index contributed by atoms with van der Waals surface area (Å²) in [4.78, 5) is 26.8. The summed E-state index contributed by atoms with van der Waals surface area (Å²) in [5.41, 5.74) is 5.63. The van der Waals surface area contributed by atoms with E-state index >= 15 is 0 Å². The monoisotopic (exact) mass is 581 g/mol. The number of nitrogens with zero attached hydrogens (tertiary/aromatic N) is 2. The minimum atomic E-state index is -1.10. The second-order valence-electron chi connectivity index (χ2n) is 6.65. The molecule has 1 atom stereocenters. The largest absolute Gasteiger partial charge is 0.466 e. The van der Waals surface area contributed by atoms with Crippen molar-refractivity contribution in [1.29, 1.82) is 5.26 Å². The molecule has 1 aliphatic rings. The van der Waals surface area contributed by atoms with E-state index in [4.69, 9.17) is 15.2 Å². The lowest BCUT2D eigenvalue weighted by Gasteiger charge is -2.36. The molecule has 2 N–H and O–H groups in total. The van der Waals surface area contributed by atoms with Gasteiger partial charge in [0.05, 0.1) is 52.0 Å². The lowest BCUT2D eigenvalue weighted by Crippen LogP contribution is -2.41. The lowest BCUT2D eigenvalue weighted by atomic mass is 9.81. The summed E-state index contributed by atoms with van der Waals surface area (Å²) >= 11 is 5.84. The second-order valence-corrected chi connectivity index (χ2v) is 8.24. The number of hydrogen-bond acceptors (Lipinski definition) is 7. The van der Waals surface area contributed by atoms with Crippen LogP contribution in [0.4, 0.5) is 14.5 Å². The van der Waals surface area contributed by atoms with Crippen molar-refractivity contribution >= 4 is 49.5 Å². The van der Waals surface area contributed by atoms with Gasteiger partial charge in [-0.15, -0.1) is 0 Å². The smallest absolute Gasteiger partial charge is 0.355 e. The molecule has 3 rings (SSSR count). The van der Waals surface area contributed by atoms with E-state index < -0.39 is 39.7 Å². The SMILES string of the molecule is COC(=O)C1=C(C(=O)OC)N(c2cc(F)c(Br)c(F)c2Br)C(N)=C(C#N)C1c1ccccc1. The molecule has 1 aliphatic heterocycles. The topological polar surface area (TPSA) is 106 Å². The summed E-state index contributed by atoms with van der Waals surface area (Å²) in [6.45, 7) is 0. The predicted octanol–water partition coefficient (Wildman–Crippen LogP) is 4.39. The molecule has 2 aromatic rings. The fourth-order valence-corrected chi connectivity index (χ4v) is 4.56. The Morgan fingerprint density at radius 1 is 1.09 bits per heavy atom. The maximum atomic E-state index is 14.7. The number of rotatable bonds is 4. The number of nitrogens with two attached hydrogens (primary N) is 1. The number of ether oxygens (including phenoxy) is 2. The summed E-state index contributed by atoms with van der Waals surface area (Å²) in [5, 5.41) is 9.96. The first-order valence-corrected chi connectivity index (χ1v) is 10.8. The number of carbonyl (C=O) groups is 2. The molecule has 170 valence electrons. The van der Waals surface area contributed by atoms with Gasteiger partial charge in [0.1, 0.15) is 17.3 Å². The molecule has 1 heterocycles. The Kier molecular flexibility index (Phi) is 7.19. The zero-order valence-electron chi connectivity index (χ0n) is 17.2. The van der Waals surface area contributed by atoms with Crippen LogP contribution in [0.1, 0.15) is 11.5 Å². The highest BCUT2D eigenvalue weighted by molar-refractivity contribution is 9.11. The van der Waals surface area contributed by atoms with Crippen LogP contribution in [0, 0.1) is 23.0 Å². The van der Waals surface area contributed by atoms with Crippen molar-refractivity contribution in [3.8, 4) is 6.07 Å². The molecule has 11 heteroatoms. The first kappa shape index (κ1) is 24.4. The molecule has 33 heavy (non-hydrogen) atoms. The highest BCUT2D eigenvalue weighted by atomic mass is 79.9. The Morgan fingerprint density at radius 3 is 2.24 bits per heavy atom. The fraction of sp³-hybridized carbons (Fsp3) is 0.136. The van der Waals surface area contributed by atoms with E-state index in [1.807, 2.05) is 6.07 Å². The van der Waals surface area contributed by atoms with Crippen LogP contribution in [0.3, 0.4) is 0 Å². The van der Waals surface area contributed by atoms with Crippen molar-refractivity contribution in [1.82, 2.24) is 0 Å². The minimum Gasteiger partial charge on any atom is -0.466 e. The van der Waals surface area contributed by atoms with E-state index in [9.17, 15) is 23.6 Å². The Bertz CT molecular complexity index is 1260. The molecule has 7 nitrogen and oxygen atoms in total. The summed E-state index contributed by atoms with van der Waals surface area (Å²) in [6.07, 6.45) is 0. The molecule has 0 saturated heterocycles. The number of benzene rings is 2. The summed E-state index contributed by atoms with van der Waals surface area (Å²) in [5.74, 6) is -5.44. The summed E-state index contributed by atoms with van der Waals surface area (Å²) in [7, 11) is 2.16. The molecular formula is C22H15Br2F2N3O4. The van der Waals surface area contributed by atoms with Crippen molar-refractivity contribution in [3.05, 3.63) is 85.2 Å². The summed E-state index contributed by atoms with van der Waals surface area (Å²) < 4.78 is 38.2. The number of allylic oxidation sites excluding steroid dienone is 1. The van der Waals surface area contributed by atoms with Gasteiger partial charge >= 0.3 is 11.9 Å². The van der Waals surface area contributed by atoms with Gasteiger partial charge in [-0.2, -0.15) is 5.26 Å². The first-order valence-electron chi connectivity index (χ1n) is 9.18. The van der Waals surface area contributed by atoms with Crippen molar-refractivity contribution in [2.75, 3.05) is 19.1 Å². The minimum absolute atomic E-state index is 0.134. The normalized spacial score (nSPS) is 15.9. The van der Waals surface area contributed by atoms with E-state index in [0.717, 1.165) is 25.2 Å². The van der Waals surface area contributed by atoms with Gasteiger partial charge in [-0.3, -0.25) is 4.90 Å². The Hall–Kier alpha value is -3.23. The number of hydrogen-bond donors (Lipinski definition) is 1. The van der Waals surface area contributed by atoms with Crippen molar-refractivity contribution in [2.45, 2.75) is 5.92 Å². The van der Waals surface area contributed by atoms with Gasteiger partial charge < -0.3 is 15.2 Å². The van der Waals surface area contributed by atoms with Crippen LogP contribution >= 0.6 is 31.9 Å². The van der Waals surface area contributed by atoms with E-state index in [1.165, 1.54) is 0 Å². The third kappa shape index (κ3) is 4.12.